The van der Waals surface area contributed by atoms with Gasteiger partial charge in [0.15, 0.2) is 35.0 Å². The first-order chi connectivity index (χ1) is 41.9. The number of anilines is 1. The number of alkyl halides is 1. The summed E-state index contributed by atoms with van der Waals surface area (Å²) in [5.74, 6) is 0.115. The molecule has 2 unspecified atom stereocenters. The molecule has 12 atom stereocenters. The molecule has 9 aromatic rings. The van der Waals surface area contributed by atoms with E-state index in [9.17, 15) is 19.8 Å². The lowest BCUT2D eigenvalue weighted by Gasteiger charge is -2.47. The number of nitrogens with two attached hydrogens (primary N) is 1. The number of ether oxygens (including phenoxy) is 2. The van der Waals surface area contributed by atoms with Crippen LogP contribution < -0.4 is 11.3 Å². The van der Waals surface area contributed by atoms with E-state index in [4.69, 9.17) is 61.9 Å². The zero-order chi connectivity index (χ0) is 60.4. The molecular weight excluding hydrogens is 1210 g/mol. The monoisotopic (exact) mass is 1270 g/mol. The van der Waals surface area contributed by atoms with E-state index in [1.54, 1.807) is 35.4 Å². The third kappa shape index (κ3) is 11.3. The highest BCUT2D eigenvalue weighted by Gasteiger charge is 2.56. The maximum Gasteiger partial charge on any atom is 0.325 e. The van der Waals surface area contributed by atoms with Crippen molar-refractivity contribution < 1.29 is 41.8 Å². The summed E-state index contributed by atoms with van der Waals surface area (Å²) in [5.41, 5.74) is 7.24. The molecule has 2 aliphatic heterocycles. The molecule has 2 aliphatic carbocycles. The second-order valence-corrected chi connectivity index (χ2v) is 32.3. The zero-order valence-electron chi connectivity index (χ0n) is 47.3. The number of imidazole rings is 3. The van der Waals surface area contributed by atoms with E-state index < -0.39 is 53.1 Å². The quantitative estimate of drug-likeness (QED) is 0.0223. The van der Waals surface area contributed by atoms with Crippen molar-refractivity contribution in [2.45, 2.75) is 99.6 Å². The van der Waals surface area contributed by atoms with Gasteiger partial charge in [0.25, 0.3) is 11.2 Å². The Labute approximate surface area is 513 Å². The van der Waals surface area contributed by atoms with Crippen molar-refractivity contribution in [3.8, 4) is 0 Å². The van der Waals surface area contributed by atoms with Crippen LogP contribution in [-0.2, 0) is 69.7 Å². The van der Waals surface area contributed by atoms with Gasteiger partial charge in [-0.15, -0.1) is 0 Å². The second-order valence-electron chi connectivity index (χ2n) is 22.9. The molecule has 4 aromatic carbocycles. The Bertz CT molecular complexity index is 4110. The normalized spacial score (nSPS) is 27.1. The van der Waals surface area contributed by atoms with Crippen LogP contribution in [0.2, 0.25) is 0 Å². The maximum absolute atomic E-state index is 17.7. The molecule has 0 spiro atoms. The van der Waals surface area contributed by atoms with Gasteiger partial charge in [-0.2, -0.15) is 4.98 Å². The topological polar surface area (TPSA) is 245 Å². The Morgan fingerprint density at radius 1 is 0.931 bits per heavy atom. The van der Waals surface area contributed by atoms with E-state index in [0.29, 0.717) is 30.6 Å². The van der Waals surface area contributed by atoms with Crippen molar-refractivity contribution in [2.75, 3.05) is 25.6 Å². The molecule has 0 bridgehead atoms. The molecule has 452 valence electrons. The third-order valence-electron chi connectivity index (χ3n) is 17.6. The van der Waals surface area contributed by atoms with Crippen molar-refractivity contribution in [1.82, 2.24) is 43.0 Å². The van der Waals surface area contributed by atoms with Gasteiger partial charge in [-0.05, 0) is 104 Å². The van der Waals surface area contributed by atoms with Crippen LogP contribution in [0.5, 0.6) is 0 Å². The predicted octanol–water partition coefficient (Wildman–Crippen LogP) is 11.0. The Morgan fingerprint density at radius 3 is 2.26 bits per heavy atom. The number of hydrogen-bond acceptors (Lipinski definition) is 18. The number of fused-ring (bicyclic) bond motifs is 4. The minimum absolute atomic E-state index is 0.0310. The van der Waals surface area contributed by atoms with E-state index in [0.717, 1.165) is 47.1 Å². The molecule has 3 N–H and O–H groups in total. The third-order valence-corrected chi connectivity index (χ3v) is 24.9. The predicted molar refractivity (Wildman–Crippen MR) is 334 cm³/mol. The minimum Gasteiger partial charge on any atom is -0.382 e. The van der Waals surface area contributed by atoms with Crippen LogP contribution in [0.15, 0.2) is 164 Å². The number of aromatic nitrogens is 9. The molecule has 21 nitrogen and oxygen atoms in total. The molecule has 4 fully saturated rings. The lowest BCUT2D eigenvalue weighted by Crippen LogP contribution is -2.46. The molecular formula is C60H62FN11O10P2S3. The molecule has 2 saturated carbocycles. The van der Waals surface area contributed by atoms with E-state index in [1.807, 2.05) is 102 Å². The standard InChI is InChI=1S/C60H62FN11O10P2S3/c1-37(2)39-23-25-59(3)48(30-39)81-84(86,87-59)79-33-47-49(61)52(57(80-47)71-36-66-51-55(71)67-58-68(27-28-69(58)56(51)73)26-24-38-19-21-44(22-20-38)72(74)75)82-83(76,85)78-31-40-29-46(70-35-65-50-53(62)63-34-64-54(50)70)45(40)32-77-60(41-13-7-4-8-14-41,42-15-9-5-10-16-42)43-17-11-6-12-18-43/h4-22,27-28,34-36,39-40,45-49,52,57H,1,23-26,29-33H2,2-3H3,(H,76,85)(H2,62,63,64)/t39-,40-,45-,46-,47-,48+,49-,52-,57-,59+,83?,84?/m1/s1. The number of halogens is 1. The smallest absolute Gasteiger partial charge is 0.325 e. The van der Waals surface area contributed by atoms with E-state index in [1.165, 1.54) is 45.1 Å². The number of benzene rings is 4. The number of nitrogens with zero attached hydrogens (tertiary/aromatic N) is 10. The van der Waals surface area contributed by atoms with Gasteiger partial charge < -0.3 is 42.8 Å². The van der Waals surface area contributed by atoms with Crippen LogP contribution in [0.4, 0.5) is 15.9 Å². The molecule has 13 rings (SSSR count). The van der Waals surface area contributed by atoms with Gasteiger partial charge in [0.05, 0.1) is 43.5 Å². The van der Waals surface area contributed by atoms with Crippen molar-refractivity contribution in [3.63, 3.8) is 0 Å². The molecule has 5 aromatic heterocycles. The summed E-state index contributed by atoms with van der Waals surface area (Å²) in [6, 6.07) is 36.0. The summed E-state index contributed by atoms with van der Waals surface area (Å²) in [7, 11) is 0. The highest BCUT2D eigenvalue weighted by molar-refractivity contribution is 8.68. The van der Waals surface area contributed by atoms with E-state index in [-0.39, 0.29) is 82.9 Å². The lowest BCUT2D eigenvalue weighted by molar-refractivity contribution is -0.384. The van der Waals surface area contributed by atoms with Crippen LogP contribution >= 0.6 is 23.8 Å². The average Bonchev–Trinajstić information content (AvgIpc) is 1.79. The molecule has 0 amide bonds. The Kier molecular flexibility index (Phi) is 16.3. The summed E-state index contributed by atoms with van der Waals surface area (Å²) in [4.78, 5) is 60.1. The summed E-state index contributed by atoms with van der Waals surface area (Å²) in [6.07, 6.45) is 4.52. The number of non-ortho nitro benzene ring substituents is 1. The number of nitro benzene ring substituents is 1. The van der Waals surface area contributed by atoms with Gasteiger partial charge in [-0.3, -0.25) is 24.0 Å². The number of nitro groups is 1. The average molecular weight is 1270 g/mol. The Morgan fingerprint density at radius 2 is 1.60 bits per heavy atom. The molecule has 27 heteroatoms. The zero-order valence-corrected chi connectivity index (χ0v) is 51.5. The van der Waals surface area contributed by atoms with Gasteiger partial charge in [-0.25, -0.2) is 28.7 Å². The fraction of sp³-hybridized carbons (Fsp3) is 0.367. The number of allylic oxidation sites excluding steroid dienone is 1. The Balaban J connectivity index is 0.799. The summed E-state index contributed by atoms with van der Waals surface area (Å²) in [5, 5.41) is 11.3. The van der Waals surface area contributed by atoms with Crippen molar-refractivity contribution in [1.29, 1.82) is 0 Å². The van der Waals surface area contributed by atoms with Crippen LogP contribution in [0.25, 0.3) is 28.1 Å². The van der Waals surface area contributed by atoms with Crippen LogP contribution in [0.1, 0.15) is 74.1 Å². The highest BCUT2D eigenvalue weighted by atomic mass is 32.9. The summed E-state index contributed by atoms with van der Waals surface area (Å²) < 4.78 is 63.6. The largest absolute Gasteiger partial charge is 0.382 e. The van der Waals surface area contributed by atoms with Gasteiger partial charge >= 0.3 is 6.72 Å². The first kappa shape index (κ1) is 59.5. The highest BCUT2D eigenvalue weighted by Crippen LogP contribution is 2.75. The number of rotatable bonds is 21. The van der Waals surface area contributed by atoms with Crippen molar-refractivity contribution >= 4 is 87.0 Å². The molecule has 4 aliphatic rings. The van der Waals surface area contributed by atoms with Crippen molar-refractivity contribution in [3.05, 3.63) is 202 Å². The summed E-state index contributed by atoms with van der Waals surface area (Å²) >= 11 is 13.5. The minimum atomic E-state index is -4.41. The summed E-state index contributed by atoms with van der Waals surface area (Å²) in [6.45, 7) is 3.98. The van der Waals surface area contributed by atoms with Crippen LogP contribution in [0.3, 0.4) is 0 Å². The van der Waals surface area contributed by atoms with Crippen LogP contribution in [0, 0.1) is 27.9 Å². The maximum atomic E-state index is 17.7. The first-order valence-electron chi connectivity index (χ1n) is 28.6. The number of aryl methyl sites for hydroxylation is 2. The number of hydrogen-bond donors (Lipinski definition) is 2. The fourth-order valence-electron chi connectivity index (χ4n) is 12.7. The van der Waals surface area contributed by atoms with E-state index >= 15 is 4.39 Å². The van der Waals surface area contributed by atoms with Crippen molar-refractivity contribution in [2.24, 2.45) is 17.8 Å². The van der Waals surface area contributed by atoms with E-state index in [2.05, 4.69) is 33.4 Å². The fourth-order valence-corrected chi connectivity index (χ4v) is 21.3. The molecule has 87 heavy (non-hydrogen) atoms. The van der Waals surface area contributed by atoms with Gasteiger partial charge in [-0.1, -0.05) is 127 Å². The number of nitrogen functional groups attached to an aromatic ring is 1. The first-order valence-corrected chi connectivity index (χ1v) is 35.2. The lowest BCUT2D eigenvalue weighted by atomic mass is 9.69. The van der Waals surface area contributed by atoms with Gasteiger partial charge in [0, 0.05) is 47.8 Å². The van der Waals surface area contributed by atoms with Gasteiger partial charge in [0.2, 0.25) is 11.5 Å². The van der Waals surface area contributed by atoms with Crippen LogP contribution in [-0.4, -0.2) is 102 Å². The molecule has 7 heterocycles. The molecule has 2 saturated heterocycles. The van der Waals surface area contributed by atoms with Gasteiger partial charge in [0.1, 0.15) is 29.7 Å². The second kappa shape index (κ2) is 23.8. The SMILES string of the molecule is C=C(C)[C@@H]1CC[C@]2(C)SP(=S)(OC[C@H]3O[C@@H](n4cnc5c(=O)n6ccn(CCc7ccc([N+](=O)[O-])cc7)c6nc54)[C@H](OP(O)(=S)OC[C@H]4C[C@@H](n5cnc6c(N)ncnc65)[C@@H]4COC(c4ccccc4)(c4ccccc4)c4ccccc4)[C@@H]3F)O[C@H]2C1. The Hall–Kier alpha value is -6.44. The molecule has 0 radical (unpaired) electrons.